The van der Waals surface area contributed by atoms with Crippen molar-refractivity contribution in [3.8, 4) is 0 Å². The fraction of sp³-hybridized carbons (Fsp3) is 1.00. The lowest BCUT2D eigenvalue weighted by Gasteiger charge is -1.97. The molecule has 0 spiro atoms. The van der Waals surface area contributed by atoms with Crippen molar-refractivity contribution in [3.63, 3.8) is 0 Å². The van der Waals surface area contributed by atoms with Crippen molar-refractivity contribution in [1.29, 1.82) is 0 Å². The molecule has 1 saturated heterocycles. The van der Waals surface area contributed by atoms with Crippen molar-refractivity contribution >= 4 is 0 Å². The molecule has 1 aliphatic heterocycles. The van der Waals surface area contributed by atoms with Crippen LogP contribution in [0.15, 0.2) is 0 Å². The van der Waals surface area contributed by atoms with Gasteiger partial charge < -0.3 is 4.90 Å². The van der Waals surface area contributed by atoms with Crippen LogP contribution < -0.4 is 0 Å². The molecule has 2 atom stereocenters. The average Bonchev–Trinajstić information content (AvgIpc) is 2.17. The Morgan fingerprint density at radius 1 is 1.57 bits per heavy atom. The molecule has 0 aromatic rings. The van der Waals surface area contributed by atoms with Gasteiger partial charge in [0.1, 0.15) is 0 Å². The van der Waals surface area contributed by atoms with Gasteiger partial charge in [0.2, 0.25) is 0 Å². The van der Waals surface area contributed by atoms with E-state index in [0.29, 0.717) is 0 Å². The number of hydrogen-bond donors (Lipinski definition) is 0. The molecule has 0 bridgehead atoms. The Morgan fingerprint density at radius 3 is 2.00 bits per heavy atom. The predicted octanol–water partition coefficient (Wildman–Crippen LogP) is 0.956. The third-order valence-corrected chi connectivity index (χ3v) is 1.68. The Hall–Kier alpha value is -0.0400. The summed E-state index contributed by atoms with van der Waals surface area (Å²) in [5, 5.41) is 0. The molecule has 0 aromatic heterocycles. The van der Waals surface area contributed by atoms with Gasteiger partial charge in [0.15, 0.2) is 0 Å². The molecule has 0 saturated carbocycles. The van der Waals surface area contributed by atoms with Gasteiger partial charge in [-0.15, -0.1) is 0 Å². The molecule has 1 fully saturated rings. The van der Waals surface area contributed by atoms with Gasteiger partial charge in [-0.3, -0.25) is 0 Å². The largest absolute Gasteiger partial charge is 0.300 e. The SMILES string of the molecule is CC(C)C1CN1C. The van der Waals surface area contributed by atoms with E-state index in [0.717, 1.165) is 12.0 Å². The summed E-state index contributed by atoms with van der Waals surface area (Å²) >= 11 is 0. The van der Waals surface area contributed by atoms with E-state index in [1.54, 1.807) is 0 Å². The van der Waals surface area contributed by atoms with Gasteiger partial charge >= 0.3 is 0 Å². The summed E-state index contributed by atoms with van der Waals surface area (Å²) in [5.74, 6) is 0.866. The normalized spacial score (nSPS) is 39.4. The number of hydrogen-bond acceptors (Lipinski definition) is 1. The number of likely N-dealkylation sites (N-methyl/N-ethyl adjacent to an activating group) is 1. The summed E-state index contributed by atoms with van der Waals surface area (Å²) in [5.41, 5.74) is 0. The molecule has 1 heteroatoms. The predicted molar refractivity (Wildman–Crippen MR) is 31.3 cm³/mol. The Kier molecular flexibility index (Phi) is 1.08. The Balaban J connectivity index is 2.20. The van der Waals surface area contributed by atoms with Crippen molar-refractivity contribution in [2.45, 2.75) is 19.9 Å². The summed E-state index contributed by atoms with van der Waals surface area (Å²) in [4.78, 5) is 2.37. The first-order valence-electron chi connectivity index (χ1n) is 2.92. The molecule has 0 aliphatic carbocycles. The van der Waals surface area contributed by atoms with Crippen molar-refractivity contribution in [2.75, 3.05) is 13.6 Å². The van der Waals surface area contributed by atoms with Gasteiger partial charge in [-0.1, -0.05) is 13.8 Å². The zero-order chi connectivity index (χ0) is 5.44. The first-order valence-corrected chi connectivity index (χ1v) is 2.92. The number of nitrogens with zero attached hydrogens (tertiary/aromatic N) is 1. The Labute approximate surface area is 45.3 Å². The van der Waals surface area contributed by atoms with Crippen molar-refractivity contribution in [2.24, 2.45) is 5.92 Å². The lowest BCUT2D eigenvalue weighted by Crippen LogP contribution is -2.01. The van der Waals surface area contributed by atoms with Crippen molar-refractivity contribution in [3.05, 3.63) is 0 Å². The molecule has 7 heavy (non-hydrogen) atoms. The highest BCUT2D eigenvalue weighted by molar-refractivity contribution is 4.87. The molecule has 1 aliphatic rings. The van der Waals surface area contributed by atoms with E-state index in [1.165, 1.54) is 6.54 Å². The first kappa shape index (κ1) is 5.10. The summed E-state index contributed by atoms with van der Waals surface area (Å²) in [6, 6.07) is 0.903. The minimum Gasteiger partial charge on any atom is -0.300 e. The molecule has 0 aromatic carbocycles. The number of rotatable bonds is 1. The van der Waals surface area contributed by atoms with Gasteiger partial charge in [0.05, 0.1) is 0 Å². The van der Waals surface area contributed by atoms with Crippen LogP contribution >= 0.6 is 0 Å². The standard InChI is InChI=1S/C6H13N/c1-5(2)6-4-7(6)3/h5-6H,4H2,1-3H3. The zero-order valence-corrected chi connectivity index (χ0v) is 5.31. The molecule has 2 unspecified atom stereocenters. The Morgan fingerprint density at radius 2 is 2.00 bits per heavy atom. The maximum Gasteiger partial charge on any atom is 0.0243 e. The summed E-state index contributed by atoms with van der Waals surface area (Å²) in [6.07, 6.45) is 0. The summed E-state index contributed by atoms with van der Waals surface area (Å²) in [7, 11) is 2.17. The van der Waals surface area contributed by atoms with Crippen LogP contribution in [0.5, 0.6) is 0 Å². The third-order valence-electron chi connectivity index (χ3n) is 1.68. The third kappa shape index (κ3) is 0.942. The quantitative estimate of drug-likeness (QED) is 0.442. The van der Waals surface area contributed by atoms with Gasteiger partial charge in [-0.2, -0.15) is 0 Å². The minimum absolute atomic E-state index is 0.866. The summed E-state index contributed by atoms with van der Waals surface area (Å²) < 4.78 is 0. The molecule has 1 rings (SSSR count). The average molecular weight is 99.2 g/mol. The highest BCUT2D eigenvalue weighted by Crippen LogP contribution is 2.21. The minimum atomic E-state index is 0.866. The van der Waals surface area contributed by atoms with Crippen LogP contribution in [0.4, 0.5) is 0 Å². The lowest BCUT2D eigenvalue weighted by molar-refractivity contribution is 0.508. The summed E-state index contributed by atoms with van der Waals surface area (Å²) in [6.45, 7) is 5.86. The smallest absolute Gasteiger partial charge is 0.0243 e. The maximum absolute atomic E-state index is 2.37. The topological polar surface area (TPSA) is 3.01 Å². The Bertz CT molecular complexity index is 68.6. The van der Waals surface area contributed by atoms with Crippen LogP contribution in [0.3, 0.4) is 0 Å². The van der Waals surface area contributed by atoms with Crippen LogP contribution in [0, 0.1) is 5.92 Å². The van der Waals surface area contributed by atoms with E-state index in [9.17, 15) is 0 Å². The van der Waals surface area contributed by atoms with E-state index in [1.807, 2.05) is 0 Å². The van der Waals surface area contributed by atoms with Crippen LogP contribution in [0.1, 0.15) is 13.8 Å². The van der Waals surface area contributed by atoms with E-state index < -0.39 is 0 Å². The van der Waals surface area contributed by atoms with Crippen molar-refractivity contribution in [1.82, 2.24) is 4.90 Å². The first-order chi connectivity index (χ1) is 3.22. The molecule has 42 valence electrons. The van der Waals surface area contributed by atoms with Gasteiger partial charge in [-0.25, -0.2) is 0 Å². The lowest BCUT2D eigenvalue weighted by atomic mass is 10.1. The molecule has 1 heterocycles. The van der Waals surface area contributed by atoms with Crippen LogP contribution in [-0.2, 0) is 0 Å². The van der Waals surface area contributed by atoms with E-state index in [2.05, 4.69) is 25.8 Å². The second-order valence-corrected chi connectivity index (χ2v) is 2.75. The molecule has 1 nitrogen and oxygen atoms in total. The molecule has 0 radical (unpaired) electrons. The maximum atomic E-state index is 2.37. The van der Waals surface area contributed by atoms with E-state index >= 15 is 0 Å². The van der Waals surface area contributed by atoms with Crippen molar-refractivity contribution < 1.29 is 0 Å². The fourth-order valence-corrected chi connectivity index (χ4v) is 0.968. The zero-order valence-electron chi connectivity index (χ0n) is 5.31. The fourth-order valence-electron chi connectivity index (χ4n) is 0.968. The highest BCUT2D eigenvalue weighted by atomic mass is 15.3. The van der Waals surface area contributed by atoms with Crippen LogP contribution in [0.2, 0.25) is 0 Å². The van der Waals surface area contributed by atoms with E-state index in [-0.39, 0.29) is 0 Å². The second-order valence-electron chi connectivity index (χ2n) is 2.75. The molecule has 0 amide bonds. The van der Waals surface area contributed by atoms with E-state index in [4.69, 9.17) is 0 Å². The van der Waals surface area contributed by atoms with Gasteiger partial charge in [0, 0.05) is 12.6 Å². The van der Waals surface area contributed by atoms with Crippen LogP contribution in [0.25, 0.3) is 0 Å². The monoisotopic (exact) mass is 99.1 g/mol. The molecular formula is C6H13N. The molecular weight excluding hydrogens is 86.1 g/mol. The van der Waals surface area contributed by atoms with Gasteiger partial charge in [-0.05, 0) is 13.0 Å². The highest BCUT2D eigenvalue weighted by Gasteiger charge is 2.31. The van der Waals surface area contributed by atoms with Gasteiger partial charge in [0.25, 0.3) is 0 Å². The second kappa shape index (κ2) is 1.48. The van der Waals surface area contributed by atoms with Crippen LogP contribution in [-0.4, -0.2) is 24.5 Å². The molecule has 0 N–H and O–H groups in total.